The van der Waals surface area contributed by atoms with Crippen LogP contribution in [0.5, 0.6) is 11.6 Å². The Hall–Kier alpha value is -3.50. The number of hydrogen-bond donors (Lipinski definition) is 1. The first-order valence-electron chi connectivity index (χ1n) is 8.68. The average molecular weight is 359 g/mol. The van der Waals surface area contributed by atoms with Gasteiger partial charge in [0.15, 0.2) is 0 Å². The predicted molar refractivity (Wildman–Crippen MR) is 99.5 cm³/mol. The van der Waals surface area contributed by atoms with Gasteiger partial charge in [0.1, 0.15) is 17.5 Å². The first kappa shape index (κ1) is 16.9. The van der Waals surface area contributed by atoms with Crippen molar-refractivity contribution in [3.05, 3.63) is 59.9 Å². The Kier molecular flexibility index (Phi) is 4.64. The number of piperazine rings is 1. The number of carbonyl (C=O) groups is 1. The molecule has 3 heterocycles. The molecule has 4 rings (SSSR count). The third-order valence-corrected chi connectivity index (χ3v) is 4.37. The highest BCUT2D eigenvalue weighted by Crippen LogP contribution is 2.24. The normalized spacial score (nSPS) is 14.0. The summed E-state index contributed by atoms with van der Waals surface area (Å²) in [4.78, 5) is 23.0. The van der Waals surface area contributed by atoms with Gasteiger partial charge in [0.05, 0.1) is 11.1 Å². The lowest BCUT2D eigenvalue weighted by Gasteiger charge is -2.27. The van der Waals surface area contributed by atoms with Gasteiger partial charge in [-0.25, -0.2) is 9.97 Å². The van der Waals surface area contributed by atoms with Crippen LogP contribution in [0.1, 0.15) is 16.1 Å². The molecule has 1 N–H and O–H groups in total. The molecule has 0 bridgehead atoms. The van der Waals surface area contributed by atoms with E-state index >= 15 is 0 Å². The number of amides is 1. The number of ether oxygens (including phenoxy) is 1. The quantitative estimate of drug-likeness (QED) is 0.772. The van der Waals surface area contributed by atoms with Crippen LogP contribution < -0.4 is 10.1 Å². The summed E-state index contributed by atoms with van der Waals surface area (Å²) < 4.78 is 5.73. The average Bonchev–Trinajstić information content (AvgIpc) is 2.74. The van der Waals surface area contributed by atoms with Gasteiger partial charge in [-0.05, 0) is 30.3 Å². The number of carbonyl (C=O) groups excluding carboxylic acids is 1. The largest absolute Gasteiger partial charge is 0.439 e. The smallest absolute Gasteiger partial charge is 0.272 e. The van der Waals surface area contributed by atoms with Crippen molar-refractivity contribution < 1.29 is 9.53 Å². The summed E-state index contributed by atoms with van der Waals surface area (Å²) in [6.45, 7) is 3.01. The molecular formula is C20H17N5O2. The molecule has 1 amide bonds. The van der Waals surface area contributed by atoms with E-state index in [2.05, 4.69) is 15.3 Å². The number of nitrogens with one attached hydrogen (secondary N) is 1. The van der Waals surface area contributed by atoms with Crippen molar-refractivity contribution in [3.63, 3.8) is 0 Å². The minimum absolute atomic E-state index is 0.0412. The molecule has 0 unspecified atom stereocenters. The Morgan fingerprint density at radius 3 is 2.74 bits per heavy atom. The number of rotatable bonds is 3. The van der Waals surface area contributed by atoms with Crippen LogP contribution in [0, 0.1) is 11.3 Å². The molecule has 0 spiro atoms. The second-order valence-corrected chi connectivity index (χ2v) is 6.19. The van der Waals surface area contributed by atoms with Crippen molar-refractivity contribution in [1.29, 1.82) is 5.26 Å². The molecular weight excluding hydrogens is 342 g/mol. The van der Waals surface area contributed by atoms with Crippen LogP contribution in [0.3, 0.4) is 0 Å². The topological polar surface area (TPSA) is 91.1 Å². The zero-order valence-electron chi connectivity index (χ0n) is 14.6. The van der Waals surface area contributed by atoms with Gasteiger partial charge in [-0.3, -0.25) is 4.79 Å². The summed E-state index contributed by atoms with van der Waals surface area (Å²) in [6.07, 6.45) is 1.46. The van der Waals surface area contributed by atoms with Crippen molar-refractivity contribution in [1.82, 2.24) is 20.2 Å². The van der Waals surface area contributed by atoms with E-state index in [1.807, 2.05) is 29.2 Å². The van der Waals surface area contributed by atoms with E-state index in [0.29, 0.717) is 36.0 Å². The van der Waals surface area contributed by atoms with Crippen LogP contribution in [0.2, 0.25) is 0 Å². The maximum absolute atomic E-state index is 12.6. The molecule has 7 nitrogen and oxygen atoms in total. The fraction of sp³-hybridized carbons (Fsp3) is 0.200. The highest BCUT2D eigenvalue weighted by atomic mass is 16.5. The molecule has 7 heteroatoms. The summed E-state index contributed by atoms with van der Waals surface area (Å²) in [7, 11) is 0. The fourth-order valence-electron chi connectivity index (χ4n) is 2.94. The van der Waals surface area contributed by atoms with Crippen molar-refractivity contribution >= 4 is 16.8 Å². The molecule has 0 radical (unpaired) electrons. The van der Waals surface area contributed by atoms with Crippen LogP contribution in [-0.4, -0.2) is 47.0 Å². The highest BCUT2D eigenvalue weighted by molar-refractivity contribution is 5.95. The van der Waals surface area contributed by atoms with Crippen molar-refractivity contribution in [2.45, 2.75) is 0 Å². The van der Waals surface area contributed by atoms with Gasteiger partial charge in [0.25, 0.3) is 5.91 Å². The van der Waals surface area contributed by atoms with Gasteiger partial charge in [-0.1, -0.05) is 6.07 Å². The zero-order chi connectivity index (χ0) is 18.6. The van der Waals surface area contributed by atoms with E-state index in [4.69, 9.17) is 10.00 Å². The number of fused-ring (bicyclic) bond motifs is 1. The molecule has 1 saturated heterocycles. The third kappa shape index (κ3) is 3.71. The Bertz CT molecular complexity index is 1020. The number of nitrogens with zero attached hydrogens (tertiary/aromatic N) is 4. The summed E-state index contributed by atoms with van der Waals surface area (Å²) in [6, 6.07) is 14.4. The van der Waals surface area contributed by atoms with E-state index < -0.39 is 0 Å². The van der Waals surface area contributed by atoms with Crippen LogP contribution in [-0.2, 0) is 0 Å². The second-order valence-electron chi connectivity index (χ2n) is 6.19. The first-order chi connectivity index (χ1) is 13.2. The molecule has 0 aliphatic carbocycles. The molecule has 134 valence electrons. The van der Waals surface area contributed by atoms with E-state index in [0.717, 1.165) is 24.0 Å². The van der Waals surface area contributed by atoms with Gasteiger partial charge < -0.3 is 15.0 Å². The number of benzene rings is 1. The lowest BCUT2D eigenvalue weighted by molar-refractivity contribution is 0.0730. The summed E-state index contributed by atoms with van der Waals surface area (Å²) in [5, 5.41) is 12.9. The second kappa shape index (κ2) is 7.40. The lowest BCUT2D eigenvalue weighted by Crippen LogP contribution is -2.46. The zero-order valence-corrected chi connectivity index (χ0v) is 14.6. The Morgan fingerprint density at radius 2 is 2.00 bits per heavy atom. The maximum Gasteiger partial charge on any atom is 0.272 e. The Balaban J connectivity index is 1.54. The van der Waals surface area contributed by atoms with Gasteiger partial charge >= 0.3 is 0 Å². The molecule has 1 aromatic carbocycles. The molecule has 2 aromatic heterocycles. The van der Waals surface area contributed by atoms with E-state index in [9.17, 15) is 4.79 Å². The summed E-state index contributed by atoms with van der Waals surface area (Å²) in [5.41, 5.74) is 1.66. The first-order valence-corrected chi connectivity index (χ1v) is 8.68. The number of hydrogen-bond acceptors (Lipinski definition) is 6. The molecule has 1 aliphatic heterocycles. The van der Waals surface area contributed by atoms with Crippen molar-refractivity contribution in [2.75, 3.05) is 26.2 Å². The van der Waals surface area contributed by atoms with Gasteiger partial charge in [-0.2, -0.15) is 5.26 Å². The summed E-state index contributed by atoms with van der Waals surface area (Å²) in [5.74, 6) is 0.981. The molecule has 1 aliphatic rings. The monoisotopic (exact) mass is 359 g/mol. The third-order valence-electron chi connectivity index (χ3n) is 4.37. The minimum atomic E-state index is -0.0412. The minimum Gasteiger partial charge on any atom is -0.439 e. The Labute approximate surface area is 156 Å². The number of nitriles is 1. The fourth-order valence-corrected chi connectivity index (χ4v) is 2.94. The summed E-state index contributed by atoms with van der Waals surface area (Å²) >= 11 is 0. The lowest BCUT2D eigenvalue weighted by atomic mass is 10.2. The van der Waals surface area contributed by atoms with Gasteiger partial charge in [0.2, 0.25) is 5.88 Å². The van der Waals surface area contributed by atoms with Crippen LogP contribution in [0.4, 0.5) is 0 Å². The Morgan fingerprint density at radius 1 is 1.15 bits per heavy atom. The van der Waals surface area contributed by atoms with E-state index in [1.54, 1.807) is 24.3 Å². The number of aromatic nitrogens is 2. The SMILES string of the molecule is N#Cc1ccc(Oc2ccc3nc(C(=O)N4CCNCC4)ccc3c2)nc1. The number of pyridine rings is 2. The molecule has 0 saturated carbocycles. The van der Waals surface area contributed by atoms with E-state index in [-0.39, 0.29) is 5.91 Å². The molecule has 0 atom stereocenters. The van der Waals surface area contributed by atoms with Crippen LogP contribution in [0.25, 0.3) is 10.9 Å². The van der Waals surface area contributed by atoms with Crippen LogP contribution >= 0.6 is 0 Å². The maximum atomic E-state index is 12.6. The van der Waals surface area contributed by atoms with Gasteiger partial charge in [0, 0.05) is 43.8 Å². The predicted octanol–water partition coefficient (Wildman–Crippen LogP) is 2.34. The molecule has 27 heavy (non-hydrogen) atoms. The molecule has 1 fully saturated rings. The van der Waals surface area contributed by atoms with Gasteiger partial charge in [-0.15, -0.1) is 0 Å². The van der Waals surface area contributed by atoms with E-state index in [1.165, 1.54) is 6.20 Å². The van der Waals surface area contributed by atoms with Crippen molar-refractivity contribution in [2.24, 2.45) is 0 Å². The van der Waals surface area contributed by atoms with Crippen molar-refractivity contribution in [3.8, 4) is 17.7 Å². The highest BCUT2D eigenvalue weighted by Gasteiger charge is 2.19. The molecule has 3 aromatic rings. The van der Waals surface area contributed by atoms with Crippen LogP contribution in [0.15, 0.2) is 48.7 Å². The standard InChI is InChI=1S/C20H17N5O2/c21-12-14-1-6-19(23-13-14)27-16-3-5-17-15(11-16)2-4-18(24-17)20(26)25-9-7-22-8-10-25/h1-6,11,13,22H,7-10H2.